The van der Waals surface area contributed by atoms with Crippen LogP contribution in [0.4, 0.5) is 10.1 Å². The molecule has 0 radical (unpaired) electrons. The van der Waals surface area contributed by atoms with Crippen molar-refractivity contribution in [2.24, 2.45) is 0 Å². The van der Waals surface area contributed by atoms with E-state index in [0.717, 1.165) is 24.1 Å². The molecule has 0 saturated heterocycles. The van der Waals surface area contributed by atoms with Crippen molar-refractivity contribution in [3.05, 3.63) is 64.4 Å². The Labute approximate surface area is 127 Å². The van der Waals surface area contributed by atoms with Gasteiger partial charge in [0.1, 0.15) is 11.9 Å². The van der Waals surface area contributed by atoms with Gasteiger partial charge in [-0.2, -0.15) is 0 Å². The van der Waals surface area contributed by atoms with E-state index in [-0.39, 0.29) is 10.9 Å². The number of nitrogens with one attached hydrogen (secondary N) is 2. The molecular formula is C16H14ClFN2O. The summed E-state index contributed by atoms with van der Waals surface area (Å²) in [7, 11) is 0. The maximum Gasteiger partial charge on any atom is 0.246 e. The lowest BCUT2D eigenvalue weighted by Gasteiger charge is -2.26. The van der Waals surface area contributed by atoms with E-state index in [2.05, 4.69) is 10.6 Å². The fraction of sp³-hybridized carbons (Fsp3) is 0.188. The fourth-order valence-electron chi connectivity index (χ4n) is 2.58. The molecule has 2 aromatic carbocycles. The van der Waals surface area contributed by atoms with E-state index < -0.39 is 11.9 Å². The van der Waals surface area contributed by atoms with Crippen LogP contribution in [0.5, 0.6) is 0 Å². The zero-order valence-electron chi connectivity index (χ0n) is 11.2. The zero-order chi connectivity index (χ0) is 14.8. The molecule has 1 heterocycles. The smallest absolute Gasteiger partial charge is 0.246 e. The Morgan fingerprint density at radius 3 is 2.90 bits per heavy atom. The fourth-order valence-corrected chi connectivity index (χ4v) is 2.80. The Hall–Kier alpha value is -1.91. The SMILES string of the molecule is O=C(Nc1cc(F)cc(Cl)c1)C1NCCc2ccccc21. The molecule has 3 rings (SSSR count). The summed E-state index contributed by atoms with van der Waals surface area (Å²) in [6.45, 7) is 0.735. The van der Waals surface area contributed by atoms with Crippen LogP contribution < -0.4 is 10.6 Å². The predicted octanol–water partition coefficient (Wildman–Crippen LogP) is 3.30. The number of carbonyl (C=O) groups is 1. The normalized spacial score (nSPS) is 17.1. The molecule has 5 heteroatoms. The molecule has 1 aliphatic rings. The molecule has 2 N–H and O–H groups in total. The van der Waals surface area contributed by atoms with E-state index in [4.69, 9.17) is 11.6 Å². The van der Waals surface area contributed by atoms with Crippen molar-refractivity contribution in [1.82, 2.24) is 5.32 Å². The Morgan fingerprint density at radius 2 is 2.10 bits per heavy atom. The first-order valence-corrected chi connectivity index (χ1v) is 7.09. The van der Waals surface area contributed by atoms with Crippen molar-refractivity contribution in [3.63, 3.8) is 0 Å². The maximum atomic E-state index is 13.3. The molecule has 0 aromatic heterocycles. The molecule has 0 spiro atoms. The van der Waals surface area contributed by atoms with E-state index in [1.165, 1.54) is 18.2 Å². The highest BCUT2D eigenvalue weighted by atomic mass is 35.5. The Bertz CT molecular complexity index is 669. The number of rotatable bonds is 2. The zero-order valence-corrected chi connectivity index (χ0v) is 12.0. The summed E-state index contributed by atoms with van der Waals surface area (Å²) >= 11 is 5.79. The van der Waals surface area contributed by atoms with Crippen molar-refractivity contribution in [3.8, 4) is 0 Å². The first kappa shape index (κ1) is 14.0. The third-order valence-corrected chi connectivity index (χ3v) is 3.72. The molecule has 1 amide bonds. The van der Waals surface area contributed by atoms with Gasteiger partial charge in [0.15, 0.2) is 0 Å². The van der Waals surface area contributed by atoms with Gasteiger partial charge < -0.3 is 10.6 Å². The predicted molar refractivity (Wildman–Crippen MR) is 80.9 cm³/mol. The largest absolute Gasteiger partial charge is 0.324 e. The number of halogens is 2. The molecule has 108 valence electrons. The highest BCUT2D eigenvalue weighted by Crippen LogP contribution is 2.25. The van der Waals surface area contributed by atoms with Crippen LogP contribution in [-0.4, -0.2) is 12.5 Å². The second-order valence-corrected chi connectivity index (χ2v) is 5.42. The van der Waals surface area contributed by atoms with Gasteiger partial charge in [-0.15, -0.1) is 0 Å². The highest BCUT2D eigenvalue weighted by molar-refractivity contribution is 6.30. The number of anilines is 1. The number of hydrogen-bond donors (Lipinski definition) is 2. The summed E-state index contributed by atoms with van der Waals surface area (Å²) in [5.41, 5.74) is 2.48. The summed E-state index contributed by atoms with van der Waals surface area (Å²) < 4.78 is 13.3. The van der Waals surface area contributed by atoms with Gasteiger partial charge >= 0.3 is 0 Å². The molecule has 0 fully saturated rings. The van der Waals surface area contributed by atoms with E-state index in [9.17, 15) is 9.18 Å². The minimum atomic E-state index is -0.477. The number of carbonyl (C=O) groups excluding carboxylic acids is 1. The lowest BCUT2D eigenvalue weighted by Crippen LogP contribution is -2.38. The molecule has 3 nitrogen and oxygen atoms in total. The van der Waals surface area contributed by atoms with Crippen LogP contribution in [0.25, 0.3) is 0 Å². The van der Waals surface area contributed by atoms with Crippen molar-refractivity contribution in [1.29, 1.82) is 0 Å². The third kappa shape index (κ3) is 3.06. The Morgan fingerprint density at radius 1 is 1.29 bits per heavy atom. The maximum absolute atomic E-state index is 13.3. The van der Waals surface area contributed by atoms with Crippen LogP contribution in [0.1, 0.15) is 17.2 Å². The molecule has 2 aromatic rings. The molecule has 21 heavy (non-hydrogen) atoms. The quantitative estimate of drug-likeness (QED) is 0.894. The van der Waals surface area contributed by atoms with Crippen LogP contribution in [0.3, 0.4) is 0 Å². The third-order valence-electron chi connectivity index (χ3n) is 3.50. The molecule has 0 saturated carbocycles. The van der Waals surface area contributed by atoms with E-state index in [1.54, 1.807) is 0 Å². The summed E-state index contributed by atoms with van der Waals surface area (Å²) in [5.74, 6) is -0.696. The lowest BCUT2D eigenvalue weighted by atomic mass is 9.94. The molecule has 0 bridgehead atoms. The second-order valence-electron chi connectivity index (χ2n) is 4.98. The van der Waals surface area contributed by atoms with Crippen LogP contribution in [0.2, 0.25) is 5.02 Å². The van der Waals surface area contributed by atoms with Gasteiger partial charge in [0.05, 0.1) is 0 Å². The van der Waals surface area contributed by atoms with Gasteiger partial charge in [0, 0.05) is 17.3 Å². The molecule has 0 aliphatic carbocycles. The van der Waals surface area contributed by atoms with E-state index >= 15 is 0 Å². The number of amides is 1. The lowest BCUT2D eigenvalue weighted by molar-refractivity contribution is -0.118. The highest BCUT2D eigenvalue weighted by Gasteiger charge is 2.25. The van der Waals surface area contributed by atoms with Crippen LogP contribution in [-0.2, 0) is 11.2 Å². The van der Waals surface area contributed by atoms with Gasteiger partial charge in [0.25, 0.3) is 0 Å². The van der Waals surface area contributed by atoms with Gasteiger partial charge in [-0.05, 0) is 35.7 Å². The average molecular weight is 305 g/mol. The summed E-state index contributed by atoms with van der Waals surface area (Å²) in [4.78, 5) is 12.4. The summed E-state index contributed by atoms with van der Waals surface area (Å²) in [6.07, 6.45) is 0.895. The van der Waals surface area contributed by atoms with Crippen LogP contribution in [0, 0.1) is 5.82 Å². The monoisotopic (exact) mass is 304 g/mol. The second kappa shape index (κ2) is 5.84. The number of benzene rings is 2. The number of fused-ring (bicyclic) bond motifs is 1. The van der Waals surface area contributed by atoms with Crippen LogP contribution >= 0.6 is 11.6 Å². The molecule has 1 aliphatic heterocycles. The van der Waals surface area contributed by atoms with Crippen LogP contribution in [0.15, 0.2) is 42.5 Å². The van der Waals surface area contributed by atoms with Gasteiger partial charge in [-0.1, -0.05) is 35.9 Å². The topological polar surface area (TPSA) is 41.1 Å². The first-order chi connectivity index (χ1) is 10.1. The minimum absolute atomic E-state index is 0.219. The Kier molecular flexibility index (Phi) is 3.90. The van der Waals surface area contributed by atoms with Crippen molar-refractivity contribution >= 4 is 23.2 Å². The van der Waals surface area contributed by atoms with Crippen molar-refractivity contribution in [2.75, 3.05) is 11.9 Å². The Balaban J connectivity index is 1.83. The molecule has 1 unspecified atom stereocenters. The minimum Gasteiger partial charge on any atom is -0.324 e. The summed E-state index contributed by atoms with van der Waals surface area (Å²) in [6, 6.07) is 11.4. The van der Waals surface area contributed by atoms with Gasteiger partial charge in [-0.25, -0.2) is 4.39 Å². The number of hydrogen-bond acceptors (Lipinski definition) is 2. The first-order valence-electron chi connectivity index (χ1n) is 6.71. The average Bonchev–Trinajstić information content (AvgIpc) is 2.45. The van der Waals surface area contributed by atoms with E-state index in [0.29, 0.717) is 5.69 Å². The van der Waals surface area contributed by atoms with Gasteiger partial charge in [-0.3, -0.25) is 4.79 Å². The summed E-state index contributed by atoms with van der Waals surface area (Å²) in [5, 5.41) is 6.15. The van der Waals surface area contributed by atoms with E-state index in [1.807, 2.05) is 24.3 Å². The van der Waals surface area contributed by atoms with Gasteiger partial charge in [0.2, 0.25) is 5.91 Å². The molecule has 1 atom stereocenters. The van der Waals surface area contributed by atoms with Crippen molar-refractivity contribution < 1.29 is 9.18 Å². The van der Waals surface area contributed by atoms with Crippen molar-refractivity contribution in [2.45, 2.75) is 12.5 Å². The molecular weight excluding hydrogens is 291 g/mol. The standard InChI is InChI=1S/C16H14ClFN2O/c17-11-7-12(18)9-13(8-11)20-16(21)15-14-4-2-1-3-10(14)5-6-19-15/h1-4,7-9,15,19H,5-6H2,(H,20,21).